The molecule has 1 aromatic rings. The lowest BCUT2D eigenvalue weighted by Gasteiger charge is -2.10. The van der Waals surface area contributed by atoms with Crippen LogP contribution in [0.4, 0.5) is 4.39 Å². The molecular formula is C10H12FIO2. The van der Waals surface area contributed by atoms with Gasteiger partial charge in [0.05, 0.1) is 3.57 Å². The molecule has 4 heteroatoms. The molecule has 0 saturated carbocycles. The smallest absolute Gasteiger partial charge is 0.188 e. The van der Waals surface area contributed by atoms with E-state index in [0.717, 1.165) is 15.6 Å². The molecule has 0 radical (unpaired) electrons. The number of hydrogen-bond acceptors (Lipinski definition) is 2. The Balaban J connectivity index is 2.96. The van der Waals surface area contributed by atoms with Gasteiger partial charge < -0.3 is 9.47 Å². The maximum absolute atomic E-state index is 13.1. The first-order chi connectivity index (χ1) is 6.69. The number of aryl methyl sites for hydroxylation is 1. The highest BCUT2D eigenvalue weighted by molar-refractivity contribution is 14.1. The summed E-state index contributed by atoms with van der Waals surface area (Å²) >= 11 is 2.15. The van der Waals surface area contributed by atoms with E-state index in [1.54, 1.807) is 0 Å². The van der Waals surface area contributed by atoms with Gasteiger partial charge in [-0.25, -0.2) is 4.39 Å². The Morgan fingerprint density at radius 2 is 2.14 bits per heavy atom. The third-order valence-corrected chi connectivity index (χ3v) is 3.02. The van der Waals surface area contributed by atoms with Crippen LogP contribution in [0.1, 0.15) is 12.5 Å². The van der Waals surface area contributed by atoms with E-state index in [-0.39, 0.29) is 12.6 Å². The fraction of sp³-hybridized carbons (Fsp3) is 0.400. The van der Waals surface area contributed by atoms with Gasteiger partial charge in [-0.15, -0.1) is 0 Å². The van der Waals surface area contributed by atoms with Crippen LogP contribution < -0.4 is 4.74 Å². The maximum atomic E-state index is 13.1. The van der Waals surface area contributed by atoms with E-state index >= 15 is 0 Å². The molecule has 0 unspecified atom stereocenters. The molecule has 0 N–H and O–H groups in total. The van der Waals surface area contributed by atoms with Crippen molar-refractivity contribution < 1.29 is 13.9 Å². The third kappa shape index (κ3) is 2.81. The molecule has 0 aliphatic rings. The average molecular weight is 310 g/mol. The summed E-state index contributed by atoms with van der Waals surface area (Å²) in [7, 11) is 1.53. The van der Waals surface area contributed by atoms with Crippen LogP contribution in [0.2, 0.25) is 0 Å². The molecule has 0 atom stereocenters. The fourth-order valence-corrected chi connectivity index (χ4v) is 1.95. The first-order valence-electron chi connectivity index (χ1n) is 4.28. The van der Waals surface area contributed by atoms with Crippen LogP contribution in [0.3, 0.4) is 0 Å². The Labute approximate surface area is 96.5 Å². The van der Waals surface area contributed by atoms with E-state index in [0.29, 0.717) is 5.75 Å². The number of hydrogen-bond donors (Lipinski definition) is 0. The molecular weight excluding hydrogens is 298 g/mol. The lowest BCUT2D eigenvalue weighted by molar-refractivity contribution is 0.0502. The van der Waals surface area contributed by atoms with Gasteiger partial charge in [-0.1, -0.05) is 6.92 Å². The Hall–Kier alpha value is -0.360. The average Bonchev–Trinajstić information content (AvgIpc) is 2.18. The molecule has 1 aromatic carbocycles. The van der Waals surface area contributed by atoms with Crippen molar-refractivity contribution in [3.8, 4) is 5.75 Å². The van der Waals surface area contributed by atoms with Gasteiger partial charge in [0, 0.05) is 13.2 Å². The predicted molar refractivity (Wildman–Crippen MR) is 61.0 cm³/mol. The summed E-state index contributed by atoms with van der Waals surface area (Å²) in [5.41, 5.74) is 0.955. The molecule has 0 amide bonds. The van der Waals surface area contributed by atoms with E-state index in [1.807, 2.05) is 6.92 Å². The summed E-state index contributed by atoms with van der Waals surface area (Å²) in [6.07, 6.45) is 0.791. The van der Waals surface area contributed by atoms with Crippen molar-refractivity contribution in [2.24, 2.45) is 0 Å². The van der Waals surface area contributed by atoms with Crippen LogP contribution in [-0.2, 0) is 11.2 Å². The van der Waals surface area contributed by atoms with Crippen LogP contribution in [-0.4, -0.2) is 13.9 Å². The highest BCUT2D eigenvalue weighted by atomic mass is 127. The predicted octanol–water partition coefficient (Wildman–Crippen LogP) is 2.98. The molecule has 0 aromatic heterocycles. The number of ether oxygens (including phenoxy) is 2. The number of halogens is 2. The third-order valence-electron chi connectivity index (χ3n) is 1.79. The molecule has 14 heavy (non-hydrogen) atoms. The van der Waals surface area contributed by atoms with Gasteiger partial charge in [-0.05, 0) is 40.6 Å². The number of methoxy groups -OCH3 is 1. The quantitative estimate of drug-likeness (QED) is 0.629. The first kappa shape index (κ1) is 11.7. The first-order valence-corrected chi connectivity index (χ1v) is 5.36. The molecule has 2 nitrogen and oxygen atoms in total. The summed E-state index contributed by atoms with van der Waals surface area (Å²) < 4.78 is 24.1. The SMILES string of the molecule is CCc1cc(F)cc(OCOC)c1I. The highest BCUT2D eigenvalue weighted by Crippen LogP contribution is 2.26. The fourth-order valence-electron chi connectivity index (χ4n) is 1.10. The van der Waals surface area contributed by atoms with Crippen LogP contribution in [0.15, 0.2) is 12.1 Å². The summed E-state index contributed by atoms with van der Waals surface area (Å²) in [4.78, 5) is 0. The second-order valence-corrected chi connectivity index (χ2v) is 3.86. The lowest BCUT2D eigenvalue weighted by Crippen LogP contribution is -2.02. The van der Waals surface area contributed by atoms with Gasteiger partial charge in [0.1, 0.15) is 11.6 Å². The van der Waals surface area contributed by atoms with Gasteiger partial charge >= 0.3 is 0 Å². The van der Waals surface area contributed by atoms with Crippen LogP contribution >= 0.6 is 22.6 Å². The van der Waals surface area contributed by atoms with Gasteiger partial charge in [0.2, 0.25) is 0 Å². The normalized spacial score (nSPS) is 10.3. The Kier molecular flexibility index (Phi) is 4.60. The zero-order chi connectivity index (χ0) is 10.6. The molecule has 0 heterocycles. The molecule has 0 fully saturated rings. The van der Waals surface area contributed by atoms with Crippen molar-refractivity contribution in [2.45, 2.75) is 13.3 Å². The second-order valence-electron chi connectivity index (χ2n) is 2.78. The van der Waals surface area contributed by atoms with Crippen molar-refractivity contribution in [3.63, 3.8) is 0 Å². The Morgan fingerprint density at radius 3 is 2.71 bits per heavy atom. The standard InChI is InChI=1S/C10H12FIO2/c1-3-7-4-8(11)5-9(10(7)12)14-6-13-2/h4-5H,3,6H2,1-2H3. The van der Waals surface area contributed by atoms with E-state index in [2.05, 4.69) is 22.6 Å². The van der Waals surface area contributed by atoms with Crippen LogP contribution in [0, 0.1) is 9.39 Å². The molecule has 1 rings (SSSR count). The summed E-state index contributed by atoms with van der Waals surface area (Å²) in [5, 5.41) is 0. The van der Waals surface area contributed by atoms with Crippen molar-refractivity contribution in [1.29, 1.82) is 0 Å². The Bertz CT molecular complexity index is 315. The van der Waals surface area contributed by atoms with Crippen molar-refractivity contribution in [2.75, 3.05) is 13.9 Å². The van der Waals surface area contributed by atoms with Crippen molar-refractivity contribution >= 4 is 22.6 Å². The number of rotatable bonds is 4. The Morgan fingerprint density at radius 1 is 1.43 bits per heavy atom. The zero-order valence-corrected chi connectivity index (χ0v) is 10.3. The minimum atomic E-state index is -0.270. The van der Waals surface area contributed by atoms with Gasteiger partial charge in [-0.2, -0.15) is 0 Å². The minimum Gasteiger partial charge on any atom is -0.466 e. The molecule has 0 bridgehead atoms. The van der Waals surface area contributed by atoms with E-state index in [4.69, 9.17) is 9.47 Å². The monoisotopic (exact) mass is 310 g/mol. The van der Waals surface area contributed by atoms with Crippen LogP contribution in [0.5, 0.6) is 5.75 Å². The highest BCUT2D eigenvalue weighted by Gasteiger charge is 2.08. The van der Waals surface area contributed by atoms with Gasteiger partial charge in [0.25, 0.3) is 0 Å². The van der Waals surface area contributed by atoms with E-state index in [1.165, 1.54) is 19.2 Å². The number of benzene rings is 1. The summed E-state index contributed by atoms with van der Waals surface area (Å²) in [6, 6.07) is 2.90. The summed E-state index contributed by atoms with van der Waals surface area (Å²) in [5.74, 6) is 0.276. The second kappa shape index (κ2) is 5.50. The molecule has 0 saturated heterocycles. The largest absolute Gasteiger partial charge is 0.466 e. The zero-order valence-electron chi connectivity index (χ0n) is 8.14. The van der Waals surface area contributed by atoms with E-state index < -0.39 is 0 Å². The molecule has 0 aliphatic carbocycles. The molecule has 0 spiro atoms. The maximum Gasteiger partial charge on any atom is 0.188 e. The molecule has 0 aliphatic heterocycles. The van der Waals surface area contributed by atoms with E-state index in [9.17, 15) is 4.39 Å². The van der Waals surface area contributed by atoms with Crippen molar-refractivity contribution in [3.05, 3.63) is 27.1 Å². The van der Waals surface area contributed by atoms with Crippen molar-refractivity contribution in [1.82, 2.24) is 0 Å². The topological polar surface area (TPSA) is 18.5 Å². The lowest BCUT2D eigenvalue weighted by atomic mass is 10.1. The minimum absolute atomic E-state index is 0.141. The van der Waals surface area contributed by atoms with Crippen LogP contribution in [0.25, 0.3) is 0 Å². The van der Waals surface area contributed by atoms with Gasteiger partial charge in [0.15, 0.2) is 6.79 Å². The summed E-state index contributed by atoms with van der Waals surface area (Å²) in [6.45, 7) is 2.12. The molecule has 78 valence electrons. The van der Waals surface area contributed by atoms with Gasteiger partial charge in [-0.3, -0.25) is 0 Å².